The van der Waals surface area contributed by atoms with Crippen LogP contribution in [0, 0.1) is 11.6 Å². The smallest absolute Gasteiger partial charge is 0.299 e. The van der Waals surface area contributed by atoms with Gasteiger partial charge in [0, 0.05) is 11.3 Å². The van der Waals surface area contributed by atoms with Gasteiger partial charge in [-0.25, -0.2) is 22.5 Å². The minimum absolute atomic E-state index is 0.0236. The number of alkyl halides is 2. The Balaban J connectivity index is 2.00. The summed E-state index contributed by atoms with van der Waals surface area (Å²) in [5, 5.41) is 2.12. The lowest BCUT2D eigenvalue weighted by Gasteiger charge is -2.33. The van der Waals surface area contributed by atoms with E-state index in [1.54, 1.807) is 0 Å². The molecule has 1 aliphatic heterocycles. The zero-order chi connectivity index (χ0) is 21.4. The molecule has 6 nitrogen and oxygen atoms in total. The van der Waals surface area contributed by atoms with Crippen molar-refractivity contribution in [2.24, 2.45) is 10.7 Å². The molecule has 0 bridgehead atoms. The van der Waals surface area contributed by atoms with E-state index in [9.17, 15) is 22.4 Å². The monoisotopic (exact) mass is 430 g/mol. The van der Waals surface area contributed by atoms with Crippen LogP contribution in [0.15, 0.2) is 35.5 Å². The van der Waals surface area contributed by atoms with Crippen LogP contribution in [0.4, 0.5) is 23.2 Å². The third-order valence-corrected chi connectivity index (χ3v) is 4.67. The fourth-order valence-corrected chi connectivity index (χ4v) is 3.07. The van der Waals surface area contributed by atoms with Crippen LogP contribution in [-0.4, -0.2) is 35.9 Å². The molecule has 2 aromatic rings. The summed E-state index contributed by atoms with van der Waals surface area (Å²) in [5.41, 5.74) is 2.41. The molecule has 0 saturated heterocycles. The van der Waals surface area contributed by atoms with Gasteiger partial charge in [-0.15, -0.1) is 0 Å². The van der Waals surface area contributed by atoms with Crippen molar-refractivity contribution in [3.05, 3.63) is 58.4 Å². The van der Waals surface area contributed by atoms with Gasteiger partial charge < -0.3 is 15.8 Å². The molecule has 2 heterocycles. The largest absolute Gasteiger partial charge is 0.385 e. The molecule has 1 unspecified atom stereocenters. The number of hydrogen-bond donors (Lipinski definition) is 2. The number of hydrogen-bond acceptors (Lipinski definition) is 5. The number of pyridine rings is 1. The fourth-order valence-electron chi connectivity index (χ4n) is 2.83. The summed E-state index contributed by atoms with van der Waals surface area (Å²) in [7, 11) is 0. The molecule has 1 amide bonds. The van der Waals surface area contributed by atoms with Gasteiger partial charge in [-0.1, -0.05) is 11.6 Å². The van der Waals surface area contributed by atoms with Crippen LogP contribution in [-0.2, 0) is 10.3 Å². The van der Waals surface area contributed by atoms with E-state index in [0.29, 0.717) is 0 Å². The normalized spacial score (nSPS) is 21.2. The van der Waals surface area contributed by atoms with Crippen molar-refractivity contribution >= 4 is 29.0 Å². The molecule has 0 spiro atoms. The van der Waals surface area contributed by atoms with Crippen LogP contribution < -0.4 is 11.1 Å². The third kappa shape index (κ3) is 4.03. The van der Waals surface area contributed by atoms with Gasteiger partial charge in [0.2, 0.25) is 0 Å². The summed E-state index contributed by atoms with van der Waals surface area (Å²) in [6, 6.07) is 3.98. The molecule has 11 heteroatoms. The summed E-state index contributed by atoms with van der Waals surface area (Å²) < 4.78 is 61.8. The number of aromatic nitrogens is 1. The molecule has 0 saturated carbocycles. The Kier molecular flexibility index (Phi) is 5.50. The third-order valence-electron chi connectivity index (χ3n) is 4.38. The van der Waals surface area contributed by atoms with Gasteiger partial charge in [0.1, 0.15) is 36.4 Å². The van der Waals surface area contributed by atoms with Crippen LogP contribution in [0.3, 0.4) is 0 Å². The molecule has 1 aromatic carbocycles. The highest BCUT2D eigenvalue weighted by molar-refractivity contribution is 6.34. The van der Waals surface area contributed by atoms with Crippen molar-refractivity contribution in [2.75, 3.05) is 18.5 Å². The Bertz CT molecular complexity index is 1000. The molecule has 3 rings (SSSR count). The molecule has 29 heavy (non-hydrogen) atoms. The van der Waals surface area contributed by atoms with E-state index in [0.717, 1.165) is 37.4 Å². The van der Waals surface area contributed by atoms with Crippen LogP contribution in [0.1, 0.15) is 23.0 Å². The molecule has 154 valence electrons. The Hall–Kier alpha value is -2.72. The number of benzene rings is 1. The van der Waals surface area contributed by atoms with Crippen LogP contribution >= 0.6 is 11.6 Å². The number of nitrogens with one attached hydrogen (secondary N) is 1. The number of carbonyl (C=O) groups is 1. The minimum Gasteiger partial charge on any atom is -0.385 e. The second kappa shape index (κ2) is 7.60. The molecule has 0 fully saturated rings. The average Bonchev–Trinajstić information content (AvgIpc) is 2.72. The van der Waals surface area contributed by atoms with E-state index in [4.69, 9.17) is 22.1 Å². The maximum Gasteiger partial charge on any atom is 0.299 e. The Morgan fingerprint density at radius 1 is 1.31 bits per heavy atom. The lowest BCUT2D eigenvalue weighted by atomic mass is 9.85. The first kappa shape index (κ1) is 21.0. The molecule has 1 aromatic heterocycles. The minimum atomic E-state index is -3.58. The van der Waals surface area contributed by atoms with Crippen molar-refractivity contribution in [2.45, 2.75) is 18.4 Å². The van der Waals surface area contributed by atoms with E-state index < -0.39 is 41.2 Å². The SMILES string of the molecule is CC1(c2cc(NC(=O)c3ncc(F)cc3Cl)ccc2F)N=C(N)COCC1(F)F. The molecule has 0 radical (unpaired) electrons. The van der Waals surface area contributed by atoms with Crippen molar-refractivity contribution in [1.29, 1.82) is 0 Å². The second-order valence-corrected chi connectivity index (χ2v) is 6.91. The molecule has 3 N–H and O–H groups in total. The number of carbonyl (C=O) groups excluding carboxylic acids is 1. The number of aliphatic imine (C=N–C) groups is 1. The fraction of sp³-hybridized carbons (Fsp3) is 0.278. The maximum atomic E-state index is 14.7. The summed E-state index contributed by atoms with van der Waals surface area (Å²) in [4.78, 5) is 19.7. The van der Waals surface area contributed by atoms with Crippen LogP contribution in [0.2, 0.25) is 5.02 Å². The van der Waals surface area contributed by atoms with Crippen molar-refractivity contribution in [3.8, 4) is 0 Å². The number of halogens is 5. The number of nitrogens with zero attached hydrogens (tertiary/aromatic N) is 2. The lowest BCUT2D eigenvalue weighted by Crippen LogP contribution is -2.45. The number of rotatable bonds is 3. The first-order chi connectivity index (χ1) is 13.5. The van der Waals surface area contributed by atoms with Crippen LogP contribution in [0.25, 0.3) is 0 Å². The number of nitrogens with two attached hydrogens (primary N) is 1. The summed E-state index contributed by atoms with van der Waals surface area (Å²) in [5.74, 6) is -6.35. The predicted molar refractivity (Wildman–Crippen MR) is 98.3 cm³/mol. The van der Waals surface area contributed by atoms with E-state index in [1.165, 1.54) is 0 Å². The van der Waals surface area contributed by atoms with E-state index >= 15 is 0 Å². The topological polar surface area (TPSA) is 89.6 Å². The van der Waals surface area contributed by atoms with Gasteiger partial charge in [-0.05, 0) is 31.2 Å². The zero-order valence-electron chi connectivity index (χ0n) is 15.0. The average molecular weight is 431 g/mol. The summed E-state index contributed by atoms with van der Waals surface area (Å²) >= 11 is 5.79. The number of amides is 1. The van der Waals surface area contributed by atoms with Crippen molar-refractivity contribution in [1.82, 2.24) is 4.98 Å². The summed E-state index contributed by atoms with van der Waals surface area (Å²) in [6.07, 6.45) is 0.793. The Labute approximate surface area is 167 Å². The zero-order valence-corrected chi connectivity index (χ0v) is 15.7. The summed E-state index contributed by atoms with van der Waals surface area (Å²) in [6.45, 7) is -0.312. The number of anilines is 1. The van der Waals surface area contributed by atoms with Gasteiger partial charge in [0.15, 0.2) is 5.54 Å². The van der Waals surface area contributed by atoms with E-state index in [1.807, 2.05) is 0 Å². The molecular formula is C18H15ClF4N4O2. The van der Waals surface area contributed by atoms with E-state index in [2.05, 4.69) is 15.3 Å². The molecule has 0 aliphatic carbocycles. The molecule has 1 aliphatic rings. The lowest BCUT2D eigenvalue weighted by molar-refractivity contribution is -0.116. The van der Waals surface area contributed by atoms with Gasteiger partial charge in [-0.2, -0.15) is 0 Å². The van der Waals surface area contributed by atoms with Crippen molar-refractivity contribution < 1.29 is 27.1 Å². The first-order valence-electron chi connectivity index (χ1n) is 8.26. The number of ether oxygens (including phenoxy) is 1. The van der Waals surface area contributed by atoms with E-state index in [-0.39, 0.29) is 28.8 Å². The molecular weight excluding hydrogens is 416 g/mol. The first-order valence-corrected chi connectivity index (χ1v) is 8.63. The quantitative estimate of drug-likeness (QED) is 0.729. The molecule has 1 atom stereocenters. The predicted octanol–water partition coefficient (Wildman–Crippen LogP) is 3.50. The Morgan fingerprint density at radius 3 is 2.72 bits per heavy atom. The van der Waals surface area contributed by atoms with Crippen LogP contribution in [0.5, 0.6) is 0 Å². The Morgan fingerprint density at radius 2 is 2.03 bits per heavy atom. The standard InChI is InChI=1S/C18H15ClF4N4O2/c1-17(18(22,23)8-29-7-14(24)27-17)11-5-10(2-3-13(11)21)26-16(28)15-12(19)4-9(20)6-25-15/h2-6H,7-8H2,1H3,(H2,24,27)(H,26,28). The van der Waals surface area contributed by atoms with Gasteiger partial charge in [0.05, 0.1) is 11.2 Å². The maximum absolute atomic E-state index is 14.7. The van der Waals surface area contributed by atoms with Crippen molar-refractivity contribution in [3.63, 3.8) is 0 Å². The highest BCUT2D eigenvalue weighted by Gasteiger charge is 2.54. The van der Waals surface area contributed by atoms with Gasteiger partial charge in [0.25, 0.3) is 11.8 Å². The highest BCUT2D eigenvalue weighted by Crippen LogP contribution is 2.44. The van der Waals surface area contributed by atoms with Gasteiger partial charge >= 0.3 is 0 Å². The highest BCUT2D eigenvalue weighted by atomic mass is 35.5. The second-order valence-electron chi connectivity index (χ2n) is 6.51. The number of amidine groups is 1. The van der Waals surface area contributed by atoms with Gasteiger partial charge in [-0.3, -0.25) is 9.79 Å².